The summed E-state index contributed by atoms with van der Waals surface area (Å²) in [4.78, 5) is 11.7. The summed E-state index contributed by atoms with van der Waals surface area (Å²) >= 11 is 0. The molecular formula is C15H21N3O2. The van der Waals surface area contributed by atoms with Gasteiger partial charge in [-0.1, -0.05) is 32.8 Å². The Morgan fingerprint density at radius 1 is 1.40 bits per heavy atom. The lowest BCUT2D eigenvalue weighted by atomic mass is 9.97. The van der Waals surface area contributed by atoms with E-state index in [4.69, 9.17) is 5.26 Å². The van der Waals surface area contributed by atoms with Gasteiger partial charge in [-0.25, -0.2) is 4.79 Å². The fourth-order valence-electron chi connectivity index (χ4n) is 2.04. The van der Waals surface area contributed by atoms with E-state index in [1.165, 1.54) is 0 Å². The number of aliphatic hydroxyl groups is 1. The number of rotatable bonds is 6. The zero-order chi connectivity index (χ0) is 15.0. The molecule has 5 nitrogen and oxygen atoms in total. The van der Waals surface area contributed by atoms with Crippen LogP contribution in [0.1, 0.15) is 32.3 Å². The largest absolute Gasteiger partial charge is 0.391 e. The molecule has 1 aromatic rings. The van der Waals surface area contributed by atoms with E-state index < -0.39 is 6.10 Å². The predicted molar refractivity (Wildman–Crippen MR) is 78.3 cm³/mol. The number of urea groups is 1. The minimum Gasteiger partial charge on any atom is -0.391 e. The van der Waals surface area contributed by atoms with E-state index in [1.807, 2.05) is 19.9 Å². The maximum absolute atomic E-state index is 11.7. The lowest BCUT2D eigenvalue weighted by Crippen LogP contribution is -2.38. The van der Waals surface area contributed by atoms with E-state index >= 15 is 0 Å². The van der Waals surface area contributed by atoms with Crippen LogP contribution in [0.3, 0.4) is 0 Å². The number of anilines is 1. The van der Waals surface area contributed by atoms with Crippen LogP contribution >= 0.6 is 0 Å². The summed E-state index contributed by atoms with van der Waals surface area (Å²) in [5.41, 5.74) is 1.04. The Balaban J connectivity index is 2.46. The third-order valence-corrected chi connectivity index (χ3v) is 3.31. The molecule has 0 bridgehead atoms. The number of carbonyl (C=O) groups is 1. The molecule has 108 valence electrons. The first-order chi connectivity index (χ1) is 9.60. The number of benzene rings is 1. The number of carbonyl (C=O) groups excluding carboxylic acids is 1. The Bertz CT molecular complexity index is 478. The standard InChI is InChI=1S/C15H21N3O2/c1-3-12(4-2)14(19)10-17-15(20)18-13-7-5-6-11(8-13)9-16/h5-8,12,14,19H,3-4,10H2,1-2H3,(H2,17,18,20). The topological polar surface area (TPSA) is 85.2 Å². The maximum Gasteiger partial charge on any atom is 0.319 e. The van der Waals surface area contributed by atoms with Crippen molar-refractivity contribution >= 4 is 11.7 Å². The molecule has 0 aliphatic carbocycles. The van der Waals surface area contributed by atoms with E-state index in [9.17, 15) is 9.90 Å². The Kier molecular flexibility index (Phi) is 6.54. The van der Waals surface area contributed by atoms with Gasteiger partial charge in [0.25, 0.3) is 0 Å². The van der Waals surface area contributed by atoms with Crippen LogP contribution in [0.2, 0.25) is 0 Å². The fourth-order valence-corrected chi connectivity index (χ4v) is 2.04. The van der Waals surface area contributed by atoms with E-state index in [-0.39, 0.29) is 18.5 Å². The van der Waals surface area contributed by atoms with Gasteiger partial charge in [-0.3, -0.25) is 0 Å². The molecule has 1 atom stereocenters. The fraction of sp³-hybridized carbons (Fsp3) is 0.467. The second kappa shape index (κ2) is 8.18. The molecule has 3 N–H and O–H groups in total. The second-order valence-corrected chi connectivity index (χ2v) is 4.67. The summed E-state index contributed by atoms with van der Waals surface area (Å²) in [5.74, 6) is 0.192. The Morgan fingerprint density at radius 2 is 2.10 bits per heavy atom. The lowest BCUT2D eigenvalue weighted by molar-refractivity contribution is 0.104. The van der Waals surface area contributed by atoms with Crippen LogP contribution < -0.4 is 10.6 Å². The van der Waals surface area contributed by atoms with Crippen molar-refractivity contribution in [3.8, 4) is 6.07 Å². The van der Waals surface area contributed by atoms with Crippen molar-refractivity contribution in [2.45, 2.75) is 32.8 Å². The quantitative estimate of drug-likeness (QED) is 0.745. The van der Waals surface area contributed by atoms with Crippen LogP contribution in [-0.4, -0.2) is 23.8 Å². The SMILES string of the molecule is CCC(CC)C(O)CNC(=O)Nc1cccc(C#N)c1. The first-order valence-electron chi connectivity index (χ1n) is 6.83. The smallest absolute Gasteiger partial charge is 0.319 e. The van der Waals surface area contributed by atoms with Crippen LogP contribution in [0.4, 0.5) is 10.5 Å². The van der Waals surface area contributed by atoms with Gasteiger partial charge in [0.15, 0.2) is 0 Å². The highest BCUT2D eigenvalue weighted by molar-refractivity contribution is 5.89. The summed E-state index contributed by atoms with van der Waals surface area (Å²) < 4.78 is 0. The van der Waals surface area contributed by atoms with Crippen molar-refractivity contribution in [2.75, 3.05) is 11.9 Å². The monoisotopic (exact) mass is 275 g/mol. The summed E-state index contributed by atoms with van der Waals surface area (Å²) in [6.45, 7) is 4.26. The molecule has 0 heterocycles. The molecule has 5 heteroatoms. The molecular weight excluding hydrogens is 254 g/mol. The van der Waals surface area contributed by atoms with Gasteiger partial charge in [0.1, 0.15) is 0 Å². The minimum absolute atomic E-state index is 0.192. The Hall–Kier alpha value is -2.06. The first kappa shape index (κ1) is 16.0. The summed E-state index contributed by atoms with van der Waals surface area (Å²) in [6.07, 6.45) is 1.22. The molecule has 1 unspecified atom stereocenters. The molecule has 0 aliphatic heterocycles. The van der Waals surface area contributed by atoms with Gasteiger partial charge < -0.3 is 15.7 Å². The molecule has 0 radical (unpaired) electrons. The van der Waals surface area contributed by atoms with Crippen LogP contribution in [0.15, 0.2) is 24.3 Å². The number of hydrogen-bond donors (Lipinski definition) is 3. The van der Waals surface area contributed by atoms with Crippen molar-refractivity contribution < 1.29 is 9.90 Å². The van der Waals surface area contributed by atoms with Crippen LogP contribution in [0.25, 0.3) is 0 Å². The van der Waals surface area contributed by atoms with E-state index in [0.717, 1.165) is 12.8 Å². The first-order valence-corrected chi connectivity index (χ1v) is 6.83. The van der Waals surface area contributed by atoms with Crippen molar-refractivity contribution in [3.63, 3.8) is 0 Å². The molecule has 0 aromatic heterocycles. The highest BCUT2D eigenvalue weighted by atomic mass is 16.3. The van der Waals surface area contributed by atoms with Crippen molar-refractivity contribution in [2.24, 2.45) is 5.92 Å². The molecule has 0 saturated heterocycles. The molecule has 0 fully saturated rings. The van der Waals surface area contributed by atoms with Gasteiger partial charge in [-0.05, 0) is 24.1 Å². The van der Waals surface area contributed by atoms with E-state index in [0.29, 0.717) is 11.3 Å². The third kappa shape index (κ3) is 4.90. The van der Waals surface area contributed by atoms with Gasteiger partial charge in [0.05, 0.1) is 17.7 Å². The minimum atomic E-state index is -0.541. The summed E-state index contributed by atoms with van der Waals surface area (Å²) in [6, 6.07) is 8.29. The zero-order valence-electron chi connectivity index (χ0n) is 11.9. The molecule has 2 amide bonds. The van der Waals surface area contributed by atoms with Crippen molar-refractivity contribution in [1.82, 2.24) is 5.32 Å². The van der Waals surface area contributed by atoms with Crippen LogP contribution in [-0.2, 0) is 0 Å². The number of aliphatic hydroxyl groups excluding tert-OH is 1. The van der Waals surface area contributed by atoms with Gasteiger partial charge in [0.2, 0.25) is 0 Å². The lowest BCUT2D eigenvalue weighted by Gasteiger charge is -2.20. The van der Waals surface area contributed by atoms with Gasteiger partial charge in [0, 0.05) is 12.2 Å². The molecule has 0 saturated carbocycles. The molecule has 20 heavy (non-hydrogen) atoms. The average Bonchev–Trinajstić information content (AvgIpc) is 2.46. The summed E-state index contributed by atoms with van der Waals surface area (Å²) in [5, 5.41) is 24.0. The molecule has 1 rings (SSSR count). The van der Waals surface area contributed by atoms with Gasteiger partial charge in [-0.15, -0.1) is 0 Å². The van der Waals surface area contributed by atoms with Gasteiger partial charge in [-0.2, -0.15) is 5.26 Å². The van der Waals surface area contributed by atoms with Crippen molar-refractivity contribution in [3.05, 3.63) is 29.8 Å². The third-order valence-electron chi connectivity index (χ3n) is 3.31. The normalized spacial score (nSPS) is 11.8. The highest BCUT2D eigenvalue weighted by Crippen LogP contribution is 2.12. The van der Waals surface area contributed by atoms with Crippen molar-refractivity contribution in [1.29, 1.82) is 5.26 Å². The Labute approximate surface area is 119 Å². The number of nitriles is 1. The molecule has 1 aromatic carbocycles. The number of nitrogens with one attached hydrogen (secondary N) is 2. The number of hydrogen-bond acceptors (Lipinski definition) is 3. The van der Waals surface area contributed by atoms with E-state index in [1.54, 1.807) is 24.3 Å². The molecule has 0 aliphatic rings. The van der Waals surface area contributed by atoms with Crippen LogP contribution in [0, 0.1) is 17.2 Å². The van der Waals surface area contributed by atoms with Crippen LogP contribution in [0.5, 0.6) is 0 Å². The second-order valence-electron chi connectivity index (χ2n) is 4.67. The highest BCUT2D eigenvalue weighted by Gasteiger charge is 2.16. The summed E-state index contributed by atoms with van der Waals surface area (Å²) in [7, 11) is 0. The Morgan fingerprint density at radius 3 is 2.70 bits per heavy atom. The average molecular weight is 275 g/mol. The molecule has 0 spiro atoms. The van der Waals surface area contributed by atoms with Gasteiger partial charge >= 0.3 is 6.03 Å². The number of amides is 2. The maximum atomic E-state index is 11.7. The zero-order valence-corrected chi connectivity index (χ0v) is 11.9. The number of nitrogens with zero attached hydrogens (tertiary/aromatic N) is 1. The van der Waals surface area contributed by atoms with E-state index in [2.05, 4.69) is 10.6 Å². The predicted octanol–water partition coefficient (Wildman–Crippen LogP) is 2.48.